The number of thiazole rings is 1. The van der Waals surface area contributed by atoms with Gasteiger partial charge in [0.15, 0.2) is 0 Å². The largest absolute Gasteiger partial charge is 0.489 e. The number of benzene rings is 2. The summed E-state index contributed by atoms with van der Waals surface area (Å²) in [5.41, 5.74) is 3.49. The Morgan fingerprint density at radius 1 is 0.821 bits per heavy atom. The molecule has 0 saturated carbocycles. The van der Waals surface area contributed by atoms with E-state index in [-0.39, 0.29) is 0 Å². The van der Waals surface area contributed by atoms with Gasteiger partial charge in [0, 0.05) is 31.7 Å². The summed E-state index contributed by atoms with van der Waals surface area (Å²) in [7, 11) is 0. The average molecular weight is 388 g/mol. The molecule has 28 heavy (non-hydrogen) atoms. The van der Waals surface area contributed by atoms with E-state index >= 15 is 0 Å². The minimum Gasteiger partial charge on any atom is -0.489 e. The van der Waals surface area contributed by atoms with Gasteiger partial charge < -0.3 is 10.1 Å². The summed E-state index contributed by atoms with van der Waals surface area (Å²) in [5.74, 6) is 0.871. The fourth-order valence-electron chi connectivity index (χ4n) is 2.80. The van der Waals surface area contributed by atoms with E-state index in [4.69, 9.17) is 4.74 Å². The van der Waals surface area contributed by atoms with Crippen LogP contribution in [0.2, 0.25) is 0 Å². The highest BCUT2D eigenvalue weighted by atomic mass is 32.1. The lowest BCUT2D eigenvalue weighted by molar-refractivity contribution is 0.306. The van der Waals surface area contributed by atoms with E-state index in [2.05, 4.69) is 45.6 Å². The Labute approximate surface area is 168 Å². The van der Waals surface area contributed by atoms with Gasteiger partial charge in [0.2, 0.25) is 0 Å². The first-order valence-corrected chi connectivity index (χ1v) is 10.00. The van der Waals surface area contributed by atoms with Crippen molar-refractivity contribution in [2.24, 2.45) is 0 Å². The highest BCUT2D eigenvalue weighted by Crippen LogP contribution is 2.28. The average Bonchev–Trinajstić information content (AvgIpc) is 3.23. The molecule has 140 valence electrons. The standard InChI is InChI=1S/C23H21N3OS/c1-2-5-18(6-3-1)17-27-21-10-8-20(9-11-21)22-15-26-23(28-22)16-25-14-19-7-4-12-24-13-19/h1-13,15,25H,14,16-17H2. The molecule has 4 rings (SSSR count). The quantitative estimate of drug-likeness (QED) is 0.458. The van der Waals surface area contributed by atoms with Gasteiger partial charge in [0.1, 0.15) is 17.4 Å². The van der Waals surface area contributed by atoms with Crippen LogP contribution in [0, 0.1) is 0 Å². The number of hydrogen-bond donors (Lipinski definition) is 1. The Bertz CT molecular complexity index is 985. The molecule has 0 spiro atoms. The minimum atomic E-state index is 0.577. The maximum atomic E-state index is 5.86. The van der Waals surface area contributed by atoms with Gasteiger partial charge in [-0.3, -0.25) is 4.98 Å². The van der Waals surface area contributed by atoms with Crippen molar-refractivity contribution in [1.29, 1.82) is 0 Å². The van der Waals surface area contributed by atoms with Crippen LogP contribution in [-0.2, 0) is 19.7 Å². The molecule has 2 aromatic heterocycles. The summed E-state index contributed by atoms with van der Waals surface area (Å²) in [4.78, 5) is 9.82. The monoisotopic (exact) mass is 387 g/mol. The third kappa shape index (κ3) is 5.03. The molecule has 2 heterocycles. The second-order valence-electron chi connectivity index (χ2n) is 6.38. The Hall–Kier alpha value is -3.02. The molecule has 0 saturated heterocycles. The van der Waals surface area contributed by atoms with E-state index < -0.39 is 0 Å². The molecular weight excluding hydrogens is 366 g/mol. The lowest BCUT2D eigenvalue weighted by Crippen LogP contribution is -2.12. The number of rotatable bonds is 8. The summed E-state index contributed by atoms with van der Waals surface area (Å²) in [6.07, 6.45) is 5.60. The van der Waals surface area contributed by atoms with Gasteiger partial charge in [-0.05, 0) is 47.0 Å². The lowest BCUT2D eigenvalue weighted by Gasteiger charge is -2.06. The van der Waals surface area contributed by atoms with Crippen molar-refractivity contribution in [1.82, 2.24) is 15.3 Å². The number of pyridine rings is 1. The topological polar surface area (TPSA) is 47.0 Å². The third-order valence-corrected chi connectivity index (χ3v) is 5.32. The van der Waals surface area contributed by atoms with Crippen molar-refractivity contribution in [2.45, 2.75) is 19.7 Å². The zero-order chi connectivity index (χ0) is 19.0. The molecule has 0 unspecified atom stereocenters. The highest BCUT2D eigenvalue weighted by molar-refractivity contribution is 7.15. The van der Waals surface area contributed by atoms with Gasteiger partial charge in [0.05, 0.1) is 4.88 Å². The van der Waals surface area contributed by atoms with Crippen LogP contribution in [0.15, 0.2) is 85.3 Å². The molecule has 0 fully saturated rings. The first-order valence-electron chi connectivity index (χ1n) is 9.18. The van der Waals surface area contributed by atoms with Gasteiger partial charge in [0.25, 0.3) is 0 Å². The summed E-state index contributed by atoms with van der Waals surface area (Å²) in [5, 5.41) is 4.48. The van der Waals surface area contributed by atoms with Gasteiger partial charge in [-0.15, -0.1) is 11.3 Å². The van der Waals surface area contributed by atoms with Crippen molar-refractivity contribution in [3.05, 3.63) is 101 Å². The second kappa shape index (κ2) is 9.26. The Morgan fingerprint density at radius 3 is 2.43 bits per heavy atom. The summed E-state index contributed by atoms with van der Waals surface area (Å²) < 4.78 is 5.86. The second-order valence-corrected chi connectivity index (χ2v) is 7.50. The van der Waals surface area contributed by atoms with Crippen molar-refractivity contribution in [3.63, 3.8) is 0 Å². The molecule has 0 aliphatic heterocycles. The minimum absolute atomic E-state index is 0.577. The van der Waals surface area contributed by atoms with Crippen LogP contribution in [0.1, 0.15) is 16.1 Å². The SMILES string of the molecule is c1ccc(COc2ccc(-c3cnc(CNCc4cccnc4)s3)cc2)cc1. The van der Waals surface area contributed by atoms with Crippen molar-refractivity contribution in [3.8, 4) is 16.2 Å². The fourth-order valence-corrected chi connectivity index (χ4v) is 3.69. The smallest absolute Gasteiger partial charge is 0.119 e. The fraction of sp³-hybridized carbons (Fsp3) is 0.130. The van der Waals surface area contributed by atoms with E-state index in [1.807, 2.05) is 48.8 Å². The molecule has 4 nitrogen and oxygen atoms in total. The van der Waals surface area contributed by atoms with E-state index in [0.717, 1.165) is 39.9 Å². The van der Waals surface area contributed by atoms with E-state index in [1.165, 1.54) is 5.56 Å². The molecule has 0 aliphatic rings. The highest BCUT2D eigenvalue weighted by Gasteiger charge is 2.05. The molecule has 0 aliphatic carbocycles. The predicted octanol–water partition coefficient (Wildman–Crippen LogP) is 5.07. The van der Waals surface area contributed by atoms with Crippen LogP contribution >= 0.6 is 11.3 Å². The maximum Gasteiger partial charge on any atom is 0.119 e. The van der Waals surface area contributed by atoms with E-state index in [0.29, 0.717) is 6.61 Å². The molecule has 0 atom stereocenters. The van der Waals surface area contributed by atoms with Crippen LogP contribution in [0.5, 0.6) is 5.75 Å². The lowest BCUT2D eigenvalue weighted by atomic mass is 10.2. The Kier molecular flexibility index (Phi) is 6.07. The molecular formula is C23H21N3OS. The number of nitrogens with zero attached hydrogens (tertiary/aromatic N) is 2. The maximum absolute atomic E-state index is 5.86. The normalized spacial score (nSPS) is 10.7. The summed E-state index contributed by atoms with van der Waals surface area (Å²) in [6.45, 7) is 2.11. The zero-order valence-electron chi connectivity index (χ0n) is 15.4. The first kappa shape index (κ1) is 18.3. The Balaban J connectivity index is 1.30. The van der Waals surface area contributed by atoms with E-state index in [9.17, 15) is 0 Å². The van der Waals surface area contributed by atoms with Crippen LogP contribution in [0.4, 0.5) is 0 Å². The third-order valence-electron chi connectivity index (χ3n) is 4.27. The number of hydrogen-bond acceptors (Lipinski definition) is 5. The van der Waals surface area contributed by atoms with Crippen molar-refractivity contribution in [2.75, 3.05) is 0 Å². The molecule has 4 aromatic rings. The summed E-state index contributed by atoms with van der Waals surface area (Å²) in [6, 6.07) is 22.4. The molecule has 1 N–H and O–H groups in total. The predicted molar refractivity (Wildman–Crippen MR) is 113 cm³/mol. The summed E-state index contributed by atoms with van der Waals surface area (Å²) >= 11 is 1.71. The van der Waals surface area contributed by atoms with Crippen LogP contribution in [0.3, 0.4) is 0 Å². The number of nitrogens with one attached hydrogen (secondary N) is 1. The van der Waals surface area contributed by atoms with Gasteiger partial charge in [-0.1, -0.05) is 36.4 Å². The molecule has 2 aromatic carbocycles. The van der Waals surface area contributed by atoms with Gasteiger partial charge >= 0.3 is 0 Å². The molecule has 0 radical (unpaired) electrons. The van der Waals surface area contributed by atoms with Crippen LogP contribution < -0.4 is 10.1 Å². The van der Waals surface area contributed by atoms with Crippen molar-refractivity contribution < 1.29 is 4.74 Å². The zero-order valence-corrected chi connectivity index (χ0v) is 16.2. The number of ether oxygens (including phenoxy) is 1. The van der Waals surface area contributed by atoms with E-state index in [1.54, 1.807) is 17.5 Å². The molecule has 0 amide bonds. The van der Waals surface area contributed by atoms with Crippen LogP contribution in [0.25, 0.3) is 10.4 Å². The Morgan fingerprint density at radius 2 is 1.64 bits per heavy atom. The molecule has 5 heteroatoms. The van der Waals surface area contributed by atoms with Crippen LogP contribution in [-0.4, -0.2) is 9.97 Å². The van der Waals surface area contributed by atoms with Gasteiger partial charge in [-0.25, -0.2) is 4.98 Å². The van der Waals surface area contributed by atoms with Gasteiger partial charge in [-0.2, -0.15) is 0 Å². The van der Waals surface area contributed by atoms with Crippen molar-refractivity contribution >= 4 is 11.3 Å². The molecule has 0 bridgehead atoms. The number of aromatic nitrogens is 2. The first-order chi connectivity index (χ1) is 13.9.